The summed E-state index contributed by atoms with van der Waals surface area (Å²) in [6, 6.07) is 8.73. The molecule has 0 aliphatic heterocycles. The number of amides is 1. The Labute approximate surface area is 160 Å². The SMILES string of the molecule is COc1ccc(S(=O)(=O)NC(C(=O)N(C)Cc2ccc(C)o2)C(C)C)cc1. The van der Waals surface area contributed by atoms with Crippen LogP contribution in [0.15, 0.2) is 45.7 Å². The van der Waals surface area contributed by atoms with Crippen molar-refractivity contribution in [2.75, 3.05) is 14.2 Å². The van der Waals surface area contributed by atoms with Gasteiger partial charge in [0.2, 0.25) is 15.9 Å². The largest absolute Gasteiger partial charge is 0.497 e. The van der Waals surface area contributed by atoms with E-state index in [1.54, 1.807) is 39.1 Å². The molecule has 8 heteroatoms. The number of nitrogens with zero attached hydrogens (tertiary/aromatic N) is 1. The van der Waals surface area contributed by atoms with Crippen molar-refractivity contribution >= 4 is 15.9 Å². The van der Waals surface area contributed by atoms with Crippen molar-refractivity contribution in [3.63, 3.8) is 0 Å². The average molecular weight is 394 g/mol. The number of rotatable bonds is 8. The van der Waals surface area contributed by atoms with Crippen molar-refractivity contribution in [3.05, 3.63) is 47.9 Å². The van der Waals surface area contributed by atoms with Crippen LogP contribution in [-0.4, -0.2) is 39.4 Å². The molecule has 0 radical (unpaired) electrons. The summed E-state index contributed by atoms with van der Waals surface area (Å²) in [6.07, 6.45) is 0. The molecular formula is C19H26N2O5S. The second-order valence-electron chi connectivity index (χ2n) is 6.73. The molecule has 0 saturated carbocycles. The number of hydrogen-bond acceptors (Lipinski definition) is 5. The van der Waals surface area contributed by atoms with E-state index in [-0.39, 0.29) is 23.3 Å². The van der Waals surface area contributed by atoms with Crippen molar-refractivity contribution < 1.29 is 22.4 Å². The average Bonchev–Trinajstić information content (AvgIpc) is 3.03. The summed E-state index contributed by atoms with van der Waals surface area (Å²) >= 11 is 0. The van der Waals surface area contributed by atoms with Crippen LogP contribution < -0.4 is 9.46 Å². The molecule has 27 heavy (non-hydrogen) atoms. The first-order valence-corrected chi connectivity index (χ1v) is 10.1. The number of carbonyl (C=O) groups excluding carboxylic acids is 1. The minimum absolute atomic E-state index is 0.0751. The summed E-state index contributed by atoms with van der Waals surface area (Å²) in [4.78, 5) is 14.4. The van der Waals surface area contributed by atoms with Gasteiger partial charge in [-0.15, -0.1) is 0 Å². The van der Waals surface area contributed by atoms with Crippen molar-refractivity contribution in [1.82, 2.24) is 9.62 Å². The molecule has 1 amide bonds. The number of benzene rings is 1. The maximum atomic E-state index is 12.8. The molecule has 148 valence electrons. The minimum atomic E-state index is -3.85. The molecule has 1 unspecified atom stereocenters. The highest BCUT2D eigenvalue weighted by Crippen LogP contribution is 2.18. The summed E-state index contributed by atoms with van der Waals surface area (Å²) in [5.74, 6) is 1.40. The Kier molecular flexibility index (Phi) is 6.67. The number of aryl methyl sites for hydroxylation is 1. The number of carbonyl (C=O) groups is 1. The van der Waals surface area contributed by atoms with Gasteiger partial charge in [-0.2, -0.15) is 4.72 Å². The number of ether oxygens (including phenoxy) is 1. The summed E-state index contributed by atoms with van der Waals surface area (Å²) in [7, 11) is -0.725. The number of hydrogen-bond donors (Lipinski definition) is 1. The van der Waals surface area contributed by atoms with Gasteiger partial charge in [-0.3, -0.25) is 4.79 Å². The summed E-state index contributed by atoms with van der Waals surface area (Å²) in [5.41, 5.74) is 0. The van der Waals surface area contributed by atoms with Crippen molar-refractivity contribution in [2.24, 2.45) is 5.92 Å². The predicted octanol–water partition coefficient (Wildman–Crippen LogP) is 2.56. The molecule has 1 heterocycles. The van der Waals surface area contributed by atoms with Gasteiger partial charge >= 0.3 is 0 Å². The zero-order valence-electron chi connectivity index (χ0n) is 16.2. The Morgan fingerprint density at radius 3 is 2.30 bits per heavy atom. The predicted molar refractivity (Wildman–Crippen MR) is 102 cm³/mol. The fourth-order valence-corrected chi connectivity index (χ4v) is 3.92. The van der Waals surface area contributed by atoms with Crippen LogP contribution in [0.2, 0.25) is 0 Å². The third kappa shape index (κ3) is 5.33. The van der Waals surface area contributed by atoms with Crippen LogP contribution in [0.25, 0.3) is 0 Å². The topological polar surface area (TPSA) is 88.8 Å². The van der Waals surface area contributed by atoms with Crippen LogP contribution in [0.3, 0.4) is 0 Å². The summed E-state index contributed by atoms with van der Waals surface area (Å²) in [6.45, 7) is 5.68. The van der Waals surface area contributed by atoms with E-state index < -0.39 is 16.1 Å². The lowest BCUT2D eigenvalue weighted by atomic mass is 10.0. The molecule has 0 aliphatic carbocycles. The maximum absolute atomic E-state index is 12.8. The van der Waals surface area contributed by atoms with E-state index in [1.807, 2.05) is 13.0 Å². The number of methoxy groups -OCH3 is 1. The van der Waals surface area contributed by atoms with Crippen molar-refractivity contribution in [3.8, 4) is 5.75 Å². The molecule has 0 fully saturated rings. The normalized spacial score (nSPS) is 12.8. The zero-order chi connectivity index (χ0) is 20.2. The number of furan rings is 1. The first-order chi connectivity index (χ1) is 12.6. The molecule has 1 atom stereocenters. The van der Waals surface area contributed by atoms with E-state index in [2.05, 4.69) is 4.72 Å². The molecular weight excluding hydrogens is 368 g/mol. The third-order valence-corrected chi connectivity index (χ3v) is 5.61. The van der Waals surface area contributed by atoms with Crippen LogP contribution in [0.1, 0.15) is 25.4 Å². The molecule has 2 rings (SSSR count). The van der Waals surface area contributed by atoms with Gasteiger partial charge in [-0.25, -0.2) is 8.42 Å². The van der Waals surface area contributed by atoms with E-state index in [0.29, 0.717) is 11.5 Å². The monoisotopic (exact) mass is 394 g/mol. The van der Waals surface area contributed by atoms with Crippen LogP contribution in [0.5, 0.6) is 5.75 Å². The van der Waals surface area contributed by atoms with Gasteiger partial charge < -0.3 is 14.1 Å². The minimum Gasteiger partial charge on any atom is -0.497 e. The van der Waals surface area contributed by atoms with E-state index in [9.17, 15) is 13.2 Å². The van der Waals surface area contributed by atoms with Gasteiger partial charge in [-0.1, -0.05) is 13.8 Å². The quantitative estimate of drug-likeness (QED) is 0.743. The Bertz CT molecular complexity index is 872. The molecule has 1 N–H and O–H groups in total. The molecule has 0 saturated heterocycles. The first kappa shape index (κ1) is 21.0. The summed E-state index contributed by atoms with van der Waals surface area (Å²) in [5, 5.41) is 0. The molecule has 0 bridgehead atoms. The van der Waals surface area contributed by atoms with Gasteiger partial charge in [0.15, 0.2) is 0 Å². The van der Waals surface area contributed by atoms with Gasteiger partial charge in [0.05, 0.1) is 18.6 Å². The molecule has 2 aromatic rings. The van der Waals surface area contributed by atoms with Crippen LogP contribution >= 0.6 is 0 Å². The highest BCUT2D eigenvalue weighted by atomic mass is 32.2. The number of likely N-dealkylation sites (N-methyl/N-ethyl adjacent to an activating group) is 1. The van der Waals surface area contributed by atoms with Crippen molar-refractivity contribution in [1.29, 1.82) is 0 Å². The summed E-state index contributed by atoms with van der Waals surface area (Å²) < 4.78 is 38.5. The Hall–Kier alpha value is -2.32. The second-order valence-corrected chi connectivity index (χ2v) is 8.44. The van der Waals surface area contributed by atoms with Crippen LogP contribution in [-0.2, 0) is 21.4 Å². The van der Waals surface area contributed by atoms with E-state index in [0.717, 1.165) is 5.76 Å². The fraction of sp³-hybridized carbons (Fsp3) is 0.421. The first-order valence-electron chi connectivity index (χ1n) is 8.60. The van der Waals surface area contributed by atoms with Crippen molar-refractivity contribution in [2.45, 2.75) is 38.3 Å². The van der Waals surface area contributed by atoms with Gasteiger partial charge in [-0.05, 0) is 49.2 Å². The molecule has 0 spiro atoms. The van der Waals surface area contributed by atoms with Gasteiger partial charge in [0, 0.05) is 7.05 Å². The lowest BCUT2D eigenvalue weighted by Gasteiger charge is -2.26. The Balaban J connectivity index is 2.16. The highest BCUT2D eigenvalue weighted by molar-refractivity contribution is 7.89. The van der Waals surface area contributed by atoms with Gasteiger partial charge in [0.25, 0.3) is 0 Å². The molecule has 1 aromatic heterocycles. The maximum Gasteiger partial charge on any atom is 0.241 e. The standard InChI is InChI=1S/C19H26N2O5S/c1-13(2)18(19(22)21(4)12-16-7-6-14(3)26-16)20-27(23,24)17-10-8-15(25-5)9-11-17/h6-11,13,18,20H,12H2,1-5H3. The molecule has 7 nitrogen and oxygen atoms in total. The molecule has 1 aromatic carbocycles. The Morgan fingerprint density at radius 2 is 1.81 bits per heavy atom. The van der Waals surface area contributed by atoms with E-state index in [1.165, 1.54) is 24.1 Å². The number of sulfonamides is 1. The van der Waals surface area contributed by atoms with E-state index >= 15 is 0 Å². The van der Waals surface area contributed by atoms with E-state index in [4.69, 9.17) is 9.15 Å². The lowest BCUT2D eigenvalue weighted by molar-refractivity contribution is -0.133. The second kappa shape index (κ2) is 8.58. The zero-order valence-corrected chi connectivity index (χ0v) is 17.0. The van der Waals surface area contributed by atoms with Crippen LogP contribution in [0, 0.1) is 12.8 Å². The Morgan fingerprint density at radius 1 is 1.19 bits per heavy atom. The highest BCUT2D eigenvalue weighted by Gasteiger charge is 2.30. The lowest BCUT2D eigenvalue weighted by Crippen LogP contribution is -2.49. The smallest absolute Gasteiger partial charge is 0.241 e. The van der Waals surface area contributed by atoms with Crippen LogP contribution in [0.4, 0.5) is 0 Å². The number of nitrogens with one attached hydrogen (secondary N) is 1. The molecule has 0 aliphatic rings. The fourth-order valence-electron chi connectivity index (χ4n) is 2.58. The third-order valence-electron chi connectivity index (χ3n) is 4.15. The van der Waals surface area contributed by atoms with Gasteiger partial charge in [0.1, 0.15) is 23.3 Å².